The Kier molecular flexibility index (Phi) is 5.86. The third-order valence-electron chi connectivity index (χ3n) is 4.20. The fourth-order valence-corrected chi connectivity index (χ4v) is 4.92. The Balaban J connectivity index is 2.10. The van der Waals surface area contributed by atoms with Gasteiger partial charge in [0.25, 0.3) is 0 Å². The van der Waals surface area contributed by atoms with E-state index in [0.717, 1.165) is 26.7 Å². The van der Waals surface area contributed by atoms with Crippen LogP contribution < -0.4 is 0 Å². The number of benzene rings is 1. The molecular weight excluding hydrogens is 387 g/mol. The molecule has 3 nitrogen and oxygen atoms in total. The number of pyridine rings is 1. The minimum Gasteiger partial charge on any atom is -0.506 e. The molecule has 6 heteroatoms. The molecule has 3 rings (SSSR count). The standard InChI is InChI=1S/C20H20Cl2N2OS/c1-12(2)18-19(25)13(3)24(11-14-4-6-23-7-5-14)20(18)26-17-9-15(21)8-16(22)10-17/h4-10,12,25H,11H2,1-3H3. The fraction of sp³-hybridized carbons (Fsp3) is 0.250. The lowest BCUT2D eigenvalue weighted by Gasteiger charge is -2.14. The van der Waals surface area contributed by atoms with Crippen LogP contribution in [-0.2, 0) is 6.54 Å². The Morgan fingerprint density at radius 2 is 1.73 bits per heavy atom. The van der Waals surface area contributed by atoms with E-state index >= 15 is 0 Å². The van der Waals surface area contributed by atoms with Crippen molar-refractivity contribution in [3.8, 4) is 5.75 Å². The molecule has 0 saturated heterocycles. The summed E-state index contributed by atoms with van der Waals surface area (Å²) in [5, 5.41) is 12.9. The van der Waals surface area contributed by atoms with Gasteiger partial charge in [0.05, 0.1) is 10.7 Å². The normalized spacial score (nSPS) is 11.3. The van der Waals surface area contributed by atoms with E-state index < -0.39 is 0 Å². The number of aromatic hydroxyl groups is 1. The number of rotatable bonds is 5. The van der Waals surface area contributed by atoms with Crippen molar-refractivity contribution in [2.45, 2.75) is 43.2 Å². The monoisotopic (exact) mass is 406 g/mol. The van der Waals surface area contributed by atoms with Gasteiger partial charge in [0.1, 0.15) is 5.75 Å². The predicted molar refractivity (Wildman–Crippen MR) is 109 cm³/mol. The molecule has 0 aliphatic heterocycles. The van der Waals surface area contributed by atoms with Gasteiger partial charge in [-0.15, -0.1) is 0 Å². The summed E-state index contributed by atoms with van der Waals surface area (Å²) in [4.78, 5) is 5.02. The van der Waals surface area contributed by atoms with E-state index in [4.69, 9.17) is 23.2 Å². The zero-order valence-electron chi connectivity index (χ0n) is 14.8. The van der Waals surface area contributed by atoms with Crippen LogP contribution in [0.25, 0.3) is 0 Å². The summed E-state index contributed by atoms with van der Waals surface area (Å²) in [6, 6.07) is 9.46. The van der Waals surface area contributed by atoms with Gasteiger partial charge in [-0.05, 0) is 48.7 Å². The minimum atomic E-state index is 0.185. The molecule has 0 amide bonds. The Bertz CT molecular complexity index is 903. The third-order valence-corrected chi connectivity index (χ3v) is 5.74. The van der Waals surface area contributed by atoms with Crippen LogP contribution in [0.3, 0.4) is 0 Å². The Morgan fingerprint density at radius 3 is 2.31 bits per heavy atom. The second-order valence-electron chi connectivity index (χ2n) is 6.46. The lowest BCUT2D eigenvalue weighted by molar-refractivity contribution is 0.460. The highest BCUT2D eigenvalue weighted by Gasteiger charge is 2.23. The average Bonchev–Trinajstić information content (AvgIpc) is 2.79. The van der Waals surface area contributed by atoms with Crippen LogP contribution in [0, 0.1) is 6.92 Å². The molecule has 3 aromatic rings. The molecule has 0 aliphatic carbocycles. The van der Waals surface area contributed by atoms with Crippen LogP contribution in [0.1, 0.15) is 36.6 Å². The number of aromatic nitrogens is 2. The van der Waals surface area contributed by atoms with Gasteiger partial charge in [-0.1, -0.05) is 48.8 Å². The maximum atomic E-state index is 10.7. The van der Waals surface area contributed by atoms with Gasteiger partial charge in [-0.25, -0.2) is 0 Å². The summed E-state index contributed by atoms with van der Waals surface area (Å²) >= 11 is 13.9. The Hall–Kier alpha value is -1.62. The molecule has 2 aromatic heterocycles. The molecule has 0 fully saturated rings. The molecule has 1 N–H and O–H groups in total. The van der Waals surface area contributed by atoms with Crippen molar-refractivity contribution in [1.29, 1.82) is 0 Å². The summed E-state index contributed by atoms with van der Waals surface area (Å²) in [7, 11) is 0. The third kappa shape index (κ3) is 4.03. The summed E-state index contributed by atoms with van der Waals surface area (Å²) in [6.07, 6.45) is 3.56. The molecular formula is C20H20Cl2N2OS. The molecule has 2 heterocycles. The fourth-order valence-electron chi connectivity index (χ4n) is 2.91. The van der Waals surface area contributed by atoms with Gasteiger partial charge < -0.3 is 9.67 Å². The molecule has 26 heavy (non-hydrogen) atoms. The zero-order chi connectivity index (χ0) is 18.8. The van der Waals surface area contributed by atoms with Crippen molar-refractivity contribution in [1.82, 2.24) is 9.55 Å². The molecule has 0 saturated carbocycles. The smallest absolute Gasteiger partial charge is 0.140 e. The van der Waals surface area contributed by atoms with Gasteiger partial charge >= 0.3 is 0 Å². The minimum absolute atomic E-state index is 0.185. The largest absolute Gasteiger partial charge is 0.506 e. The van der Waals surface area contributed by atoms with Gasteiger partial charge in [0.2, 0.25) is 0 Å². The Labute approximate surface area is 168 Å². The molecule has 136 valence electrons. The van der Waals surface area contributed by atoms with E-state index in [-0.39, 0.29) is 5.92 Å². The van der Waals surface area contributed by atoms with Crippen molar-refractivity contribution in [2.24, 2.45) is 0 Å². The van der Waals surface area contributed by atoms with Crippen LogP contribution in [-0.4, -0.2) is 14.7 Å². The number of hydrogen-bond donors (Lipinski definition) is 1. The molecule has 0 spiro atoms. The maximum Gasteiger partial charge on any atom is 0.140 e. The second kappa shape index (κ2) is 7.95. The average molecular weight is 407 g/mol. The SMILES string of the molecule is Cc1c(O)c(C(C)C)c(Sc2cc(Cl)cc(Cl)c2)n1Cc1ccncc1. The van der Waals surface area contributed by atoms with Crippen molar-refractivity contribution < 1.29 is 5.11 Å². The first-order valence-electron chi connectivity index (χ1n) is 8.31. The second-order valence-corrected chi connectivity index (χ2v) is 8.39. The lowest BCUT2D eigenvalue weighted by atomic mass is 10.1. The van der Waals surface area contributed by atoms with Crippen molar-refractivity contribution >= 4 is 35.0 Å². The molecule has 0 aliphatic rings. The van der Waals surface area contributed by atoms with Gasteiger partial charge in [0.15, 0.2) is 0 Å². The van der Waals surface area contributed by atoms with Gasteiger partial charge in [-0.3, -0.25) is 4.98 Å². The van der Waals surface area contributed by atoms with Crippen LogP contribution in [0.15, 0.2) is 52.6 Å². The zero-order valence-corrected chi connectivity index (χ0v) is 17.2. The van der Waals surface area contributed by atoms with Gasteiger partial charge in [0, 0.05) is 39.4 Å². The molecule has 0 unspecified atom stereocenters. The first-order valence-corrected chi connectivity index (χ1v) is 9.89. The first-order chi connectivity index (χ1) is 12.4. The van der Waals surface area contributed by atoms with E-state index in [1.807, 2.05) is 31.2 Å². The van der Waals surface area contributed by atoms with E-state index in [9.17, 15) is 5.11 Å². The Morgan fingerprint density at radius 1 is 1.12 bits per heavy atom. The van der Waals surface area contributed by atoms with E-state index in [1.54, 1.807) is 30.2 Å². The quantitative estimate of drug-likeness (QED) is 0.523. The summed E-state index contributed by atoms with van der Waals surface area (Å²) < 4.78 is 2.14. The van der Waals surface area contributed by atoms with Gasteiger partial charge in [-0.2, -0.15) is 0 Å². The summed E-state index contributed by atoms with van der Waals surface area (Å²) in [5.74, 6) is 0.536. The number of halogens is 2. The van der Waals surface area contributed by atoms with Crippen LogP contribution >= 0.6 is 35.0 Å². The number of hydrogen-bond acceptors (Lipinski definition) is 3. The summed E-state index contributed by atoms with van der Waals surface area (Å²) in [6.45, 7) is 6.77. The first kappa shape index (κ1) is 19.2. The number of nitrogens with zero attached hydrogens (tertiary/aromatic N) is 2. The topological polar surface area (TPSA) is 38.0 Å². The van der Waals surface area contributed by atoms with Crippen LogP contribution in [0.5, 0.6) is 5.75 Å². The van der Waals surface area contributed by atoms with E-state index in [1.165, 1.54) is 0 Å². The van der Waals surface area contributed by atoms with Crippen LogP contribution in [0.4, 0.5) is 0 Å². The highest BCUT2D eigenvalue weighted by atomic mass is 35.5. The van der Waals surface area contributed by atoms with Crippen molar-refractivity contribution in [2.75, 3.05) is 0 Å². The summed E-state index contributed by atoms with van der Waals surface area (Å²) in [5.41, 5.74) is 2.91. The highest BCUT2D eigenvalue weighted by molar-refractivity contribution is 7.99. The lowest BCUT2D eigenvalue weighted by Crippen LogP contribution is -2.04. The molecule has 0 bridgehead atoms. The molecule has 0 radical (unpaired) electrons. The van der Waals surface area contributed by atoms with Crippen molar-refractivity contribution in [3.05, 3.63) is 69.6 Å². The van der Waals surface area contributed by atoms with Crippen molar-refractivity contribution in [3.63, 3.8) is 0 Å². The van der Waals surface area contributed by atoms with E-state index in [2.05, 4.69) is 23.4 Å². The highest BCUT2D eigenvalue weighted by Crippen LogP contribution is 2.44. The van der Waals surface area contributed by atoms with E-state index in [0.29, 0.717) is 22.3 Å². The molecule has 0 atom stereocenters. The predicted octanol–water partition coefficient (Wildman–Crippen LogP) is 6.53. The maximum absolute atomic E-state index is 10.7. The van der Waals surface area contributed by atoms with Crippen LogP contribution in [0.2, 0.25) is 10.0 Å². The molecule has 1 aromatic carbocycles.